The largest absolute Gasteiger partial charge is 0.497 e. The number of aromatic nitrogens is 3. The molecule has 0 aliphatic heterocycles. The minimum atomic E-state index is 0.387. The van der Waals surface area contributed by atoms with Crippen LogP contribution in [0.4, 0.5) is 0 Å². The lowest BCUT2D eigenvalue weighted by Crippen LogP contribution is -1.95. The first-order chi connectivity index (χ1) is 14.2. The van der Waals surface area contributed by atoms with Crippen LogP contribution in [0.3, 0.4) is 0 Å². The minimum Gasteiger partial charge on any atom is -0.497 e. The van der Waals surface area contributed by atoms with Gasteiger partial charge in [-0.1, -0.05) is 23.4 Å². The van der Waals surface area contributed by atoms with E-state index in [0.717, 1.165) is 22.6 Å². The number of pyridine rings is 1. The number of benzene rings is 2. The SMILES string of the molecule is COc1cccc(-c2ccc(-c3noc(-c4cccc(OC)c4)n3)c(OC)n2)c1. The molecule has 7 nitrogen and oxygen atoms in total. The van der Waals surface area contributed by atoms with Crippen molar-refractivity contribution in [3.8, 4) is 51.5 Å². The van der Waals surface area contributed by atoms with Gasteiger partial charge in [-0.3, -0.25) is 0 Å². The fourth-order valence-electron chi connectivity index (χ4n) is 2.92. The van der Waals surface area contributed by atoms with Crippen LogP contribution in [0, 0.1) is 0 Å². The Labute approximate surface area is 167 Å². The quantitative estimate of drug-likeness (QED) is 0.481. The van der Waals surface area contributed by atoms with Crippen molar-refractivity contribution in [1.29, 1.82) is 0 Å². The molecule has 0 fully saturated rings. The van der Waals surface area contributed by atoms with Crippen LogP contribution in [0.2, 0.25) is 0 Å². The average Bonchev–Trinajstić information content (AvgIpc) is 3.29. The molecular formula is C22H19N3O4. The highest BCUT2D eigenvalue weighted by Crippen LogP contribution is 2.32. The molecule has 0 aliphatic carbocycles. The van der Waals surface area contributed by atoms with Crippen LogP contribution in [0.25, 0.3) is 34.1 Å². The Morgan fingerprint density at radius 2 is 1.41 bits per heavy atom. The molecule has 0 radical (unpaired) electrons. The molecule has 0 amide bonds. The van der Waals surface area contributed by atoms with Crippen molar-refractivity contribution < 1.29 is 18.7 Å². The highest BCUT2D eigenvalue weighted by molar-refractivity contribution is 5.69. The third kappa shape index (κ3) is 3.75. The molecule has 0 unspecified atom stereocenters. The maximum Gasteiger partial charge on any atom is 0.258 e. The predicted molar refractivity (Wildman–Crippen MR) is 108 cm³/mol. The zero-order valence-electron chi connectivity index (χ0n) is 16.2. The van der Waals surface area contributed by atoms with Crippen LogP contribution < -0.4 is 14.2 Å². The summed E-state index contributed by atoms with van der Waals surface area (Å²) in [6.07, 6.45) is 0. The second-order valence-corrected chi connectivity index (χ2v) is 6.14. The van der Waals surface area contributed by atoms with E-state index in [2.05, 4.69) is 15.1 Å². The molecule has 4 aromatic rings. The van der Waals surface area contributed by atoms with Crippen LogP contribution in [0.5, 0.6) is 17.4 Å². The van der Waals surface area contributed by atoms with Gasteiger partial charge < -0.3 is 18.7 Å². The Morgan fingerprint density at radius 1 is 0.724 bits per heavy atom. The number of hydrogen-bond acceptors (Lipinski definition) is 7. The molecule has 2 aromatic carbocycles. The van der Waals surface area contributed by atoms with Crippen molar-refractivity contribution in [3.63, 3.8) is 0 Å². The van der Waals surface area contributed by atoms with Gasteiger partial charge in [-0.15, -0.1) is 0 Å². The van der Waals surface area contributed by atoms with Crippen LogP contribution in [0.1, 0.15) is 0 Å². The summed E-state index contributed by atoms with van der Waals surface area (Å²) in [5.74, 6) is 2.66. The lowest BCUT2D eigenvalue weighted by molar-refractivity contribution is 0.398. The lowest BCUT2D eigenvalue weighted by Gasteiger charge is -2.08. The van der Waals surface area contributed by atoms with E-state index < -0.39 is 0 Å². The molecule has 0 saturated heterocycles. The molecular weight excluding hydrogens is 370 g/mol. The van der Waals surface area contributed by atoms with Gasteiger partial charge in [-0.2, -0.15) is 4.98 Å². The van der Waals surface area contributed by atoms with Crippen molar-refractivity contribution in [1.82, 2.24) is 15.1 Å². The molecule has 0 aliphatic rings. The Hall–Kier alpha value is -3.87. The molecule has 0 spiro atoms. The summed E-state index contributed by atoms with van der Waals surface area (Å²) >= 11 is 0. The smallest absolute Gasteiger partial charge is 0.258 e. The number of rotatable bonds is 6. The molecule has 0 saturated carbocycles. The Morgan fingerprint density at radius 3 is 2.10 bits per heavy atom. The monoisotopic (exact) mass is 389 g/mol. The lowest BCUT2D eigenvalue weighted by atomic mass is 10.1. The van der Waals surface area contributed by atoms with E-state index in [-0.39, 0.29) is 0 Å². The first-order valence-electron chi connectivity index (χ1n) is 8.90. The average molecular weight is 389 g/mol. The van der Waals surface area contributed by atoms with Gasteiger partial charge >= 0.3 is 0 Å². The molecule has 0 bridgehead atoms. The Balaban J connectivity index is 1.69. The van der Waals surface area contributed by atoms with E-state index in [4.69, 9.17) is 18.7 Å². The molecule has 146 valence electrons. The zero-order chi connectivity index (χ0) is 20.2. The highest BCUT2D eigenvalue weighted by Gasteiger charge is 2.17. The Kier molecular flexibility index (Phi) is 5.11. The molecule has 0 N–H and O–H groups in total. The molecule has 29 heavy (non-hydrogen) atoms. The standard InChI is InChI=1S/C22H19N3O4/c1-26-16-8-4-6-14(12-16)19-11-10-18(22(23-19)28-3)20-24-21(29-25-20)15-7-5-9-17(13-15)27-2/h4-13H,1-3H3. The van der Waals surface area contributed by atoms with Gasteiger partial charge in [0.15, 0.2) is 0 Å². The molecule has 2 aromatic heterocycles. The summed E-state index contributed by atoms with van der Waals surface area (Å²) in [6.45, 7) is 0. The van der Waals surface area contributed by atoms with Crippen molar-refractivity contribution in [2.45, 2.75) is 0 Å². The predicted octanol–water partition coefficient (Wildman–Crippen LogP) is 4.49. The summed E-state index contributed by atoms with van der Waals surface area (Å²) in [4.78, 5) is 9.09. The van der Waals surface area contributed by atoms with Crippen molar-refractivity contribution in [2.75, 3.05) is 21.3 Å². The summed E-state index contributed by atoms with van der Waals surface area (Å²) < 4.78 is 21.5. The number of nitrogens with zero attached hydrogens (tertiary/aromatic N) is 3. The van der Waals surface area contributed by atoms with E-state index in [9.17, 15) is 0 Å². The third-order valence-corrected chi connectivity index (χ3v) is 4.40. The molecule has 0 atom stereocenters. The maximum atomic E-state index is 5.49. The topological polar surface area (TPSA) is 79.5 Å². The fraction of sp³-hybridized carbons (Fsp3) is 0.136. The van der Waals surface area contributed by atoms with Gasteiger partial charge in [-0.05, 0) is 42.5 Å². The van der Waals surface area contributed by atoms with Gasteiger partial charge in [0.05, 0.1) is 32.6 Å². The summed E-state index contributed by atoms with van der Waals surface area (Å²) in [5.41, 5.74) is 3.07. The van der Waals surface area contributed by atoms with Gasteiger partial charge in [0.1, 0.15) is 11.5 Å². The highest BCUT2D eigenvalue weighted by atomic mass is 16.5. The Bertz CT molecular complexity index is 1140. The van der Waals surface area contributed by atoms with Gasteiger partial charge in [0.25, 0.3) is 5.89 Å². The second-order valence-electron chi connectivity index (χ2n) is 6.14. The van der Waals surface area contributed by atoms with Crippen molar-refractivity contribution in [3.05, 3.63) is 60.7 Å². The zero-order valence-corrected chi connectivity index (χ0v) is 16.2. The maximum absolute atomic E-state index is 5.49. The van der Waals surface area contributed by atoms with Gasteiger partial charge in [-0.25, -0.2) is 4.98 Å². The van der Waals surface area contributed by atoms with Crippen LogP contribution in [-0.2, 0) is 0 Å². The normalized spacial score (nSPS) is 10.6. The van der Waals surface area contributed by atoms with Crippen LogP contribution >= 0.6 is 0 Å². The van der Waals surface area contributed by atoms with E-state index >= 15 is 0 Å². The van der Waals surface area contributed by atoms with Gasteiger partial charge in [0, 0.05) is 11.1 Å². The van der Waals surface area contributed by atoms with E-state index in [1.165, 1.54) is 0 Å². The van der Waals surface area contributed by atoms with E-state index in [0.29, 0.717) is 28.9 Å². The van der Waals surface area contributed by atoms with E-state index in [1.54, 1.807) is 21.3 Å². The fourth-order valence-corrected chi connectivity index (χ4v) is 2.92. The summed E-state index contributed by atoms with van der Waals surface area (Å²) in [6, 6.07) is 18.8. The number of methoxy groups -OCH3 is 3. The van der Waals surface area contributed by atoms with Crippen molar-refractivity contribution >= 4 is 0 Å². The summed E-state index contributed by atoms with van der Waals surface area (Å²) in [5, 5.41) is 4.09. The second kappa shape index (κ2) is 8.02. The minimum absolute atomic E-state index is 0.387. The van der Waals surface area contributed by atoms with Crippen molar-refractivity contribution in [2.24, 2.45) is 0 Å². The first-order valence-corrected chi connectivity index (χ1v) is 8.90. The van der Waals surface area contributed by atoms with Gasteiger partial charge in [0.2, 0.25) is 11.7 Å². The number of ether oxygens (including phenoxy) is 3. The van der Waals surface area contributed by atoms with E-state index in [1.807, 2.05) is 60.7 Å². The number of hydrogen-bond donors (Lipinski definition) is 0. The molecule has 2 heterocycles. The molecule has 7 heteroatoms. The molecule has 4 rings (SSSR count). The van der Waals surface area contributed by atoms with Crippen LogP contribution in [0.15, 0.2) is 65.2 Å². The van der Waals surface area contributed by atoms with Crippen LogP contribution in [-0.4, -0.2) is 36.5 Å². The first kappa shape index (κ1) is 18.5. The summed E-state index contributed by atoms with van der Waals surface area (Å²) in [7, 11) is 4.80. The third-order valence-electron chi connectivity index (χ3n) is 4.40.